The second-order valence-electron chi connectivity index (χ2n) is 3.00. The van der Waals surface area contributed by atoms with E-state index in [4.69, 9.17) is 5.11 Å². The lowest BCUT2D eigenvalue weighted by Gasteiger charge is -1.88. The minimum absolute atomic E-state index is 0.631. The number of carboxylic acids is 1. The highest BCUT2D eigenvalue weighted by molar-refractivity contribution is 8.01. The van der Waals surface area contributed by atoms with Crippen LogP contribution in [-0.4, -0.2) is 21.8 Å². The quantitative estimate of drug-likeness (QED) is 0.670. The molecule has 1 heterocycles. The zero-order chi connectivity index (χ0) is 11.4. The molecule has 1 N–H and O–H groups in total. The van der Waals surface area contributed by atoms with Crippen molar-refractivity contribution in [3.05, 3.63) is 36.4 Å². The molecule has 5 heteroatoms. The fourth-order valence-electron chi connectivity index (χ4n) is 1.18. The molecule has 3 nitrogen and oxygen atoms in total. The van der Waals surface area contributed by atoms with Gasteiger partial charge in [0.2, 0.25) is 0 Å². The van der Waals surface area contributed by atoms with Gasteiger partial charge in [0.05, 0.1) is 10.2 Å². The Morgan fingerprint density at radius 3 is 3.06 bits per heavy atom. The van der Waals surface area contributed by atoms with E-state index in [0.717, 1.165) is 20.6 Å². The number of nitrogens with zero attached hydrogens (tertiary/aromatic N) is 1. The molecule has 82 valence electrons. The first-order valence-electron chi connectivity index (χ1n) is 4.63. The van der Waals surface area contributed by atoms with E-state index < -0.39 is 5.97 Å². The van der Waals surface area contributed by atoms with Gasteiger partial charge in [-0.15, -0.1) is 11.3 Å². The number of para-hydroxylation sites is 1. The Kier molecular flexibility index (Phi) is 3.58. The fourth-order valence-corrected chi connectivity index (χ4v) is 3.09. The van der Waals surface area contributed by atoms with E-state index in [1.54, 1.807) is 29.2 Å². The Morgan fingerprint density at radius 1 is 1.50 bits per heavy atom. The summed E-state index contributed by atoms with van der Waals surface area (Å²) in [6.07, 6.45) is 2.78. The molecular formula is C11H9NO2S2. The van der Waals surface area contributed by atoms with E-state index in [1.807, 2.05) is 24.3 Å². The van der Waals surface area contributed by atoms with Gasteiger partial charge in [-0.1, -0.05) is 30.0 Å². The van der Waals surface area contributed by atoms with Crippen molar-refractivity contribution in [2.75, 3.05) is 5.75 Å². The first-order chi connectivity index (χ1) is 7.75. The molecule has 0 saturated carbocycles. The molecular weight excluding hydrogens is 242 g/mol. The number of rotatable bonds is 4. The molecule has 0 fully saturated rings. The number of fused-ring (bicyclic) bond motifs is 1. The van der Waals surface area contributed by atoms with Crippen molar-refractivity contribution in [2.24, 2.45) is 0 Å². The second kappa shape index (κ2) is 5.14. The lowest BCUT2D eigenvalue weighted by Crippen LogP contribution is -1.86. The standard InChI is InChI=1S/C11H9NO2S2/c13-10(14)6-3-7-15-11-12-8-4-1-2-5-9(8)16-11/h1-6H,7H2,(H,13,14). The van der Waals surface area contributed by atoms with Gasteiger partial charge in [-0.25, -0.2) is 9.78 Å². The average molecular weight is 251 g/mol. The highest BCUT2D eigenvalue weighted by Crippen LogP contribution is 2.29. The molecule has 0 unspecified atom stereocenters. The van der Waals surface area contributed by atoms with Gasteiger partial charge in [0.1, 0.15) is 0 Å². The number of carbonyl (C=O) groups is 1. The fraction of sp³-hybridized carbons (Fsp3) is 0.0909. The van der Waals surface area contributed by atoms with Crippen LogP contribution in [0.3, 0.4) is 0 Å². The first-order valence-corrected chi connectivity index (χ1v) is 6.44. The zero-order valence-electron chi connectivity index (χ0n) is 8.29. The number of thiazole rings is 1. The molecule has 0 saturated heterocycles. The van der Waals surface area contributed by atoms with Gasteiger partial charge in [0.25, 0.3) is 0 Å². The predicted octanol–water partition coefficient (Wildman–Crippen LogP) is 3.03. The van der Waals surface area contributed by atoms with Gasteiger partial charge < -0.3 is 5.11 Å². The van der Waals surface area contributed by atoms with E-state index in [1.165, 1.54) is 0 Å². The van der Waals surface area contributed by atoms with Crippen molar-refractivity contribution in [1.29, 1.82) is 0 Å². The monoisotopic (exact) mass is 251 g/mol. The smallest absolute Gasteiger partial charge is 0.328 e. The Hall–Kier alpha value is -1.33. The summed E-state index contributed by atoms with van der Waals surface area (Å²) in [4.78, 5) is 14.7. The van der Waals surface area contributed by atoms with E-state index in [2.05, 4.69) is 4.98 Å². The summed E-state index contributed by atoms with van der Waals surface area (Å²) < 4.78 is 2.13. The third-order valence-electron chi connectivity index (χ3n) is 1.84. The van der Waals surface area contributed by atoms with Crippen LogP contribution in [-0.2, 0) is 4.79 Å². The van der Waals surface area contributed by atoms with Crippen LogP contribution in [0.25, 0.3) is 10.2 Å². The van der Waals surface area contributed by atoms with Crippen molar-refractivity contribution in [3.8, 4) is 0 Å². The van der Waals surface area contributed by atoms with Gasteiger partial charge in [-0.05, 0) is 12.1 Å². The molecule has 0 atom stereocenters. The van der Waals surface area contributed by atoms with Gasteiger partial charge >= 0.3 is 5.97 Å². The van der Waals surface area contributed by atoms with Crippen molar-refractivity contribution in [1.82, 2.24) is 4.98 Å². The van der Waals surface area contributed by atoms with Gasteiger partial charge in [0, 0.05) is 11.8 Å². The van der Waals surface area contributed by atoms with Crippen LogP contribution in [0.2, 0.25) is 0 Å². The Morgan fingerprint density at radius 2 is 2.31 bits per heavy atom. The van der Waals surface area contributed by atoms with E-state index >= 15 is 0 Å². The molecule has 1 aromatic carbocycles. The summed E-state index contributed by atoms with van der Waals surface area (Å²) in [7, 11) is 0. The van der Waals surface area contributed by atoms with Crippen LogP contribution < -0.4 is 0 Å². The number of hydrogen-bond donors (Lipinski definition) is 1. The van der Waals surface area contributed by atoms with Crippen molar-refractivity contribution < 1.29 is 9.90 Å². The molecule has 2 aromatic rings. The highest BCUT2D eigenvalue weighted by Gasteiger charge is 2.01. The molecule has 0 bridgehead atoms. The summed E-state index contributed by atoms with van der Waals surface area (Å²) in [6, 6.07) is 7.95. The van der Waals surface area contributed by atoms with Crippen LogP contribution in [0.5, 0.6) is 0 Å². The number of benzene rings is 1. The maximum Gasteiger partial charge on any atom is 0.328 e. The summed E-state index contributed by atoms with van der Waals surface area (Å²) >= 11 is 3.17. The van der Waals surface area contributed by atoms with E-state index in [0.29, 0.717) is 5.75 Å². The Balaban J connectivity index is 2.02. The lowest BCUT2D eigenvalue weighted by molar-refractivity contribution is -0.131. The largest absolute Gasteiger partial charge is 0.478 e. The molecule has 1 aromatic heterocycles. The van der Waals surface area contributed by atoms with Crippen molar-refractivity contribution >= 4 is 39.3 Å². The summed E-state index contributed by atoms with van der Waals surface area (Å²) in [5.74, 6) is -0.281. The van der Waals surface area contributed by atoms with Crippen LogP contribution in [0, 0.1) is 0 Å². The minimum Gasteiger partial charge on any atom is -0.478 e. The van der Waals surface area contributed by atoms with Crippen LogP contribution in [0.15, 0.2) is 40.8 Å². The van der Waals surface area contributed by atoms with Crippen LogP contribution in [0.1, 0.15) is 0 Å². The maximum absolute atomic E-state index is 10.2. The molecule has 0 aliphatic heterocycles. The third kappa shape index (κ3) is 2.84. The summed E-state index contributed by atoms with van der Waals surface area (Å²) in [5.41, 5.74) is 0.997. The number of thioether (sulfide) groups is 1. The SMILES string of the molecule is O=C(O)C=CCSc1nc2ccccc2s1. The van der Waals surface area contributed by atoms with Gasteiger partial charge in [-0.3, -0.25) is 0 Å². The number of hydrogen-bond acceptors (Lipinski definition) is 4. The minimum atomic E-state index is -0.912. The average Bonchev–Trinajstić information content (AvgIpc) is 2.66. The second-order valence-corrected chi connectivity index (χ2v) is 5.30. The molecule has 16 heavy (non-hydrogen) atoms. The lowest BCUT2D eigenvalue weighted by atomic mass is 10.3. The topological polar surface area (TPSA) is 50.2 Å². The van der Waals surface area contributed by atoms with Crippen molar-refractivity contribution in [2.45, 2.75) is 4.34 Å². The molecule has 0 aliphatic rings. The number of carboxylic acid groups (broad SMARTS) is 1. The number of aromatic nitrogens is 1. The van der Waals surface area contributed by atoms with Gasteiger partial charge in [0.15, 0.2) is 4.34 Å². The summed E-state index contributed by atoms with van der Waals surface area (Å²) in [5, 5.41) is 8.42. The molecule has 0 aliphatic carbocycles. The summed E-state index contributed by atoms with van der Waals surface area (Å²) in [6.45, 7) is 0. The molecule has 2 rings (SSSR count). The number of aliphatic carboxylic acids is 1. The Labute approximate surface area is 101 Å². The van der Waals surface area contributed by atoms with Crippen LogP contribution in [0.4, 0.5) is 0 Å². The van der Waals surface area contributed by atoms with Crippen LogP contribution >= 0.6 is 23.1 Å². The van der Waals surface area contributed by atoms with Gasteiger partial charge in [-0.2, -0.15) is 0 Å². The predicted molar refractivity (Wildman–Crippen MR) is 67.1 cm³/mol. The normalized spacial score (nSPS) is 11.2. The maximum atomic E-state index is 10.2. The van der Waals surface area contributed by atoms with Crippen molar-refractivity contribution in [3.63, 3.8) is 0 Å². The Bertz CT molecular complexity index is 501. The molecule has 0 amide bonds. The molecule has 0 spiro atoms. The third-order valence-corrected chi connectivity index (χ3v) is 3.97. The molecule has 0 radical (unpaired) electrons. The first kappa shape index (κ1) is 11.2. The van der Waals surface area contributed by atoms with E-state index in [9.17, 15) is 4.79 Å². The highest BCUT2D eigenvalue weighted by atomic mass is 32.2. The zero-order valence-corrected chi connectivity index (χ0v) is 9.92. The van der Waals surface area contributed by atoms with E-state index in [-0.39, 0.29) is 0 Å².